The molecule has 0 bridgehead atoms. The van der Waals surface area contributed by atoms with Crippen molar-refractivity contribution in [2.75, 3.05) is 13.1 Å². The Hall–Kier alpha value is -3.54. The predicted octanol–water partition coefficient (Wildman–Crippen LogP) is 3.18. The van der Waals surface area contributed by atoms with Crippen molar-refractivity contribution in [1.82, 2.24) is 10.4 Å². The summed E-state index contributed by atoms with van der Waals surface area (Å²) in [4.78, 5) is 31.5. The van der Waals surface area contributed by atoms with E-state index in [2.05, 4.69) is 0 Å². The molecule has 0 saturated heterocycles. The summed E-state index contributed by atoms with van der Waals surface area (Å²) in [7, 11) is 0. The molecule has 0 atom stereocenters. The van der Waals surface area contributed by atoms with E-state index in [-0.39, 0.29) is 37.3 Å². The van der Waals surface area contributed by atoms with Crippen molar-refractivity contribution in [2.45, 2.75) is 19.0 Å². The first-order chi connectivity index (χ1) is 14.1. The quantitative estimate of drug-likeness (QED) is 0.486. The van der Waals surface area contributed by atoms with Crippen molar-refractivity contribution >= 4 is 17.3 Å². The zero-order valence-electron chi connectivity index (χ0n) is 15.5. The fourth-order valence-electron chi connectivity index (χ4n) is 2.53. The van der Waals surface area contributed by atoms with Crippen LogP contribution in [0.1, 0.15) is 11.1 Å². The van der Waals surface area contributed by atoms with Gasteiger partial charge in [-0.15, -0.1) is 0 Å². The minimum absolute atomic E-state index is 0.0204. The molecule has 12 heteroatoms. The van der Waals surface area contributed by atoms with Crippen LogP contribution in [-0.2, 0) is 17.6 Å². The number of hydrogen-bond donors (Lipinski definition) is 1. The van der Waals surface area contributed by atoms with Gasteiger partial charge in [-0.05, 0) is 24.0 Å². The van der Waals surface area contributed by atoms with Crippen LogP contribution in [0, 0.1) is 20.2 Å². The molecule has 2 aromatic rings. The predicted molar refractivity (Wildman–Crippen MR) is 99.4 cm³/mol. The number of nitrogens with one attached hydrogen (secondary N) is 1. The van der Waals surface area contributed by atoms with Gasteiger partial charge in [0.15, 0.2) is 0 Å². The van der Waals surface area contributed by atoms with Gasteiger partial charge in [-0.1, -0.05) is 24.3 Å². The van der Waals surface area contributed by atoms with Gasteiger partial charge in [0.05, 0.1) is 9.85 Å². The molecule has 0 aliphatic rings. The van der Waals surface area contributed by atoms with Gasteiger partial charge in [-0.25, -0.2) is 5.01 Å². The lowest BCUT2D eigenvalue weighted by Crippen LogP contribution is -2.49. The molecule has 1 amide bonds. The average molecular weight is 426 g/mol. The first-order valence-corrected chi connectivity index (χ1v) is 8.65. The minimum atomic E-state index is -5.06. The van der Waals surface area contributed by atoms with Crippen LogP contribution >= 0.6 is 0 Å². The van der Waals surface area contributed by atoms with Crippen LogP contribution in [0.15, 0.2) is 48.5 Å². The highest BCUT2D eigenvalue weighted by molar-refractivity contribution is 5.81. The summed E-state index contributed by atoms with van der Waals surface area (Å²) in [6.07, 6.45) is -4.59. The number of alkyl halides is 3. The molecule has 0 unspecified atom stereocenters. The Kier molecular flexibility index (Phi) is 7.42. The molecular weight excluding hydrogens is 409 g/mol. The van der Waals surface area contributed by atoms with E-state index in [1.807, 2.05) is 5.43 Å². The van der Waals surface area contributed by atoms with E-state index in [0.29, 0.717) is 11.1 Å². The summed E-state index contributed by atoms with van der Waals surface area (Å²) >= 11 is 0. The van der Waals surface area contributed by atoms with E-state index in [9.17, 15) is 38.2 Å². The van der Waals surface area contributed by atoms with Crippen LogP contribution in [0.4, 0.5) is 24.5 Å². The Balaban J connectivity index is 2.02. The summed E-state index contributed by atoms with van der Waals surface area (Å²) in [6, 6.07) is 11.1. The summed E-state index contributed by atoms with van der Waals surface area (Å²) < 4.78 is 37.8. The van der Waals surface area contributed by atoms with Gasteiger partial charge in [0.25, 0.3) is 11.4 Å². The van der Waals surface area contributed by atoms with Crippen LogP contribution in [0.3, 0.4) is 0 Å². The highest BCUT2D eigenvalue weighted by atomic mass is 19.4. The number of rotatable bonds is 9. The van der Waals surface area contributed by atoms with Crippen LogP contribution in [0.2, 0.25) is 0 Å². The molecule has 0 aliphatic heterocycles. The Morgan fingerprint density at radius 3 is 1.50 bits per heavy atom. The van der Waals surface area contributed by atoms with Gasteiger partial charge in [-0.3, -0.25) is 30.4 Å². The molecule has 0 aromatic heterocycles. The molecule has 9 nitrogen and oxygen atoms in total. The summed E-state index contributed by atoms with van der Waals surface area (Å²) in [6.45, 7) is 0.0409. The van der Waals surface area contributed by atoms with Gasteiger partial charge in [-0.2, -0.15) is 13.2 Å². The van der Waals surface area contributed by atoms with Gasteiger partial charge in [0.1, 0.15) is 0 Å². The van der Waals surface area contributed by atoms with E-state index in [0.717, 1.165) is 5.01 Å². The van der Waals surface area contributed by atoms with Gasteiger partial charge in [0, 0.05) is 37.4 Å². The molecular formula is C18H17F3N4O5. The van der Waals surface area contributed by atoms with E-state index in [1.54, 1.807) is 0 Å². The van der Waals surface area contributed by atoms with E-state index >= 15 is 0 Å². The molecule has 0 heterocycles. The maximum Gasteiger partial charge on any atom is 0.472 e. The number of amides is 1. The highest BCUT2D eigenvalue weighted by Crippen LogP contribution is 2.16. The lowest BCUT2D eigenvalue weighted by Gasteiger charge is -2.24. The monoisotopic (exact) mass is 426 g/mol. The summed E-state index contributed by atoms with van der Waals surface area (Å²) in [5.41, 5.74) is 2.87. The lowest BCUT2D eigenvalue weighted by atomic mass is 10.1. The van der Waals surface area contributed by atoms with E-state index < -0.39 is 21.9 Å². The fourth-order valence-corrected chi connectivity index (χ4v) is 2.53. The number of carbonyl (C=O) groups excluding carboxylic acids is 1. The largest absolute Gasteiger partial charge is 0.472 e. The Bertz CT molecular complexity index is 840. The second kappa shape index (κ2) is 9.78. The third-order valence-corrected chi connectivity index (χ3v) is 4.15. The number of benzene rings is 2. The van der Waals surface area contributed by atoms with Gasteiger partial charge >= 0.3 is 12.1 Å². The molecule has 0 radical (unpaired) electrons. The Morgan fingerprint density at radius 2 is 1.20 bits per heavy atom. The van der Waals surface area contributed by atoms with Crippen LogP contribution in [-0.4, -0.2) is 40.0 Å². The smallest absolute Gasteiger partial charge is 0.281 e. The molecule has 0 fully saturated rings. The number of hydrazine groups is 1. The number of carbonyl (C=O) groups is 1. The van der Waals surface area contributed by atoms with Crippen molar-refractivity contribution in [2.24, 2.45) is 0 Å². The van der Waals surface area contributed by atoms with Crippen LogP contribution in [0.25, 0.3) is 0 Å². The SMILES string of the molecule is O=C(NN(CCc1ccc([N+](=O)[O-])cc1)CCc1ccc([N+](=O)[O-])cc1)C(F)(F)F. The number of hydrogen-bond acceptors (Lipinski definition) is 6. The van der Waals surface area contributed by atoms with Gasteiger partial charge < -0.3 is 0 Å². The zero-order chi connectivity index (χ0) is 22.3. The van der Waals surface area contributed by atoms with Crippen molar-refractivity contribution in [3.05, 3.63) is 79.9 Å². The first kappa shape index (κ1) is 22.7. The maximum absolute atomic E-state index is 12.6. The van der Waals surface area contributed by atoms with Crippen molar-refractivity contribution in [3.8, 4) is 0 Å². The summed E-state index contributed by atoms with van der Waals surface area (Å²) in [5.74, 6) is -2.12. The Morgan fingerprint density at radius 1 is 0.833 bits per heavy atom. The second-order valence-electron chi connectivity index (χ2n) is 6.27. The third kappa shape index (κ3) is 6.81. The van der Waals surface area contributed by atoms with E-state index in [4.69, 9.17) is 0 Å². The molecule has 160 valence electrons. The number of nitrogens with zero attached hydrogens (tertiary/aromatic N) is 3. The number of nitro benzene ring substituents is 2. The standard InChI is InChI=1S/C18H17F3N4O5/c19-18(20,21)17(26)22-23(11-9-13-1-5-15(6-2-13)24(27)28)12-10-14-3-7-16(8-4-14)25(29)30/h1-8H,9-12H2,(H,22,26). The molecule has 2 aromatic carbocycles. The Labute approximate surface area is 168 Å². The van der Waals surface area contributed by atoms with Gasteiger partial charge in [0.2, 0.25) is 0 Å². The number of nitro groups is 2. The summed E-state index contributed by atoms with van der Waals surface area (Å²) in [5, 5.41) is 22.5. The molecule has 1 N–H and O–H groups in total. The third-order valence-electron chi connectivity index (χ3n) is 4.15. The average Bonchev–Trinajstić information content (AvgIpc) is 2.69. The number of halogens is 3. The molecule has 0 saturated carbocycles. The van der Waals surface area contributed by atoms with Crippen molar-refractivity contribution in [1.29, 1.82) is 0 Å². The van der Waals surface area contributed by atoms with Crippen molar-refractivity contribution in [3.63, 3.8) is 0 Å². The van der Waals surface area contributed by atoms with Crippen LogP contribution < -0.4 is 5.43 Å². The lowest BCUT2D eigenvalue weighted by molar-refractivity contribution is -0.385. The highest BCUT2D eigenvalue weighted by Gasteiger charge is 2.39. The van der Waals surface area contributed by atoms with Crippen LogP contribution in [0.5, 0.6) is 0 Å². The first-order valence-electron chi connectivity index (χ1n) is 8.65. The van der Waals surface area contributed by atoms with E-state index in [1.165, 1.54) is 48.5 Å². The second-order valence-corrected chi connectivity index (χ2v) is 6.27. The fraction of sp³-hybridized carbons (Fsp3) is 0.278. The minimum Gasteiger partial charge on any atom is -0.281 e. The normalized spacial score (nSPS) is 11.3. The zero-order valence-corrected chi connectivity index (χ0v) is 15.5. The maximum atomic E-state index is 12.6. The number of non-ortho nitro benzene ring substituents is 2. The molecule has 0 spiro atoms. The molecule has 30 heavy (non-hydrogen) atoms. The molecule has 0 aliphatic carbocycles. The van der Waals surface area contributed by atoms with Crippen molar-refractivity contribution < 1.29 is 27.8 Å². The topological polar surface area (TPSA) is 119 Å². The molecule has 2 rings (SSSR count).